The first-order chi connectivity index (χ1) is 4.74. The molecule has 54 valence electrons. The number of halogens is 1. The Morgan fingerprint density at radius 2 is 2.50 bits per heavy atom. The molecule has 0 fully saturated rings. The van der Waals surface area contributed by atoms with Crippen molar-refractivity contribution >= 4 is 11.6 Å². The third-order valence-electron chi connectivity index (χ3n) is 1.17. The highest BCUT2D eigenvalue weighted by atomic mass is 35.5. The van der Waals surface area contributed by atoms with Gasteiger partial charge in [-0.3, -0.25) is 4.79 Å². The normalized spacial score (nSPS) is 9.80. The molecule has 4 heteroatoms. The summed E-state index contributed by atoms with van der Waals surface area (Å²) >= 11 is 5.51. The highest BCUT2D eigenvalue weighted by molar-refractivity contribution is 6.30. The molecule has 0 saturated carbocycles. The molecule has 0 aromatic carbocycles. The molecule has 0 aliphatic rings. The molecule has 0 amide bonds. The Kier molecular flexibility index (Phi) is 2.06. The molecule has 0 aliphatic heterocycles. The van der Waals surface area contributed by atoms with Gasteiger partial charge in [-0.2, -0.15) is 5.10 Å². The smallest absolute Gasteiger partial charge is 0.266 e. The standard InChI is InChI=1S/C6H7ClN2O/c1-2-4-3-5(7)6(10)9-8-4/h3H,2H2,1H3,(H,9,10). The van der Waals surface area contributed by atoms with Gasteiger partial charge in [0.05, 0.1) is 5.69 Å². The van der Waals surface area contributed by atoms with E-state index in [9.17, 15) is 4.79 Å². The lowest BCUT2D eigenvalue weighted by Gasteiger charge is -1.92. The van der Waals surface area contributed by atoms with Crippen molar-refractivity contribution in [3.63, 3.8) is 0 Å². The molecule has 0 bridgehead atoms. The Labute approximate surface area is 63.0 Å². The van der Waals surface area contributed by atoms with Crippen LogP contribution in [0.5, 0.6) is 0 Å². The number of rotatable bonds is 1. The second kappa shape index (κ2) is 2.84. The summed E-state index contributed by atoms with van der Waals surface area (Å²) in [6.07, 6.45) is 0.774. The summed E-state index contributed by atoms with van der Waals surface area (Å²) in [6.45, 7) is 1.94. The Balaban J connectivity index is 3.17. The van der Waals surface area contributed by atoms with Crippen molar-refractivity contribution in [2.45, 2.75) is 13.3 Å². The summed E-state index contributed by atoms with van der Waals surface area (Å²) in [6, 6.07) is 1.57. The number of aromatic nitrogens is 2. The minimum absolute atomic E-state index is 0.201. The van der Waals surface area contributed by atoms with Gasteiger partial charge in [-0.1, -0.05) is 18.5 Å². The largest absolute Gasteiger partial charge is 0.282 e. The van der Waals surface area contributed by atoms with Gasteiger partial charge in [0.1, 0.15) is 5.02 Å². The summed E-state index contributed by atoms with van der Waals surface area (Å²) in [5, 5.41) is 6.22. The molecule has 1 aromatic heterocycles. The fourth-order valence-corrected chi connectivity index (χ4v) is 0.769. The molecule has 3 nitrogen and oxygen atoms in total. The molecular formula is C6H7ClN2O. The predicted molar refractivity (Wildman–Crippen MR) is 39.2 cm³/mol. The van der Waals surface area contributed by atoms with Crippen LogP contribution in [0.15, 0.2) is 10.9 Å². The average Bonchev–Trinajstić information content (AvgIpc) is 1.95. The Bertz CT molecular complexity index is 281. The lowest BCUT2D eigenvalue weighted by molar-refractivity contribution is 0.896. The number of nitrogens with one attached hydrogen (secondary N) is 1. The molecule has 1 heterocycles. The predicted octanol–water partition coefficient (Wildman–Crippen LogP) is 0.986. The summed E-state index contributed by atoms with van der Waals surface area (Å²) in [4.78, 5) is 10.6. The maximum absolute atomic E-state index is 10.6. The monoisotopic (exact) mass is 158 g/mol. The first-order valence-electron chi connectivity index (χ1n) is 2.98. The highest BCUT2D eigenvalue weighted by Gasteiger charge is 1.96. The summed E-state index contributed by atoms with van der Waals surface area (Å²) in [7, 11) is 0. The van der Waals surface area contributed by atoms with Crippen molar-refractivity contribution in [3.05, 3.63) is 27.1 Å². The third kappa shape index (κ3) is 1.36. The molecule has 1 aromatic rings. The molecular weight excluding hydrogens is 152 g/mol. The van der Waals surface area contributed by atoms with Crippen LogP contribution in [-0.4, -0.2) is 10.2 Å². The van der Waals surface area contributed by atoms with Crippen LogP contribution in [0.2, 0.25) is 5.02 Å². The van der Waals surface area contributed by atoms with Crippen LogP contribution < -0.4 is 5.56 Å². The van der Waals surface area contributed by atoms with Gasteiger partial charge in [-0.05, 0) is 12.5 Å². The van der Waals surface area contributed by atoms with E-state index in [1.807, 2.05) is 6.92 Å². The van der Waals surface area contributed by atoms with E-state index in [2.05, 4.69) is 10.2 Å². The van der Waals surface area contributed by atoms with Crippen LogP contribution in [0.4, 0.5) is 0 Å². The van der Waals surface area contributed by atoms with Crippen LogP contribution in [-0.2, 0) is 6.42 Å². The van der Waals surface area contributed by atoms with Gasteiger partial charge in [0.15, 0.2) is 0 Å². The minimum Gasteiger partial charge on any atom is -0.266 e. The van der Waals surface area contributed by atoms with E-state index >= 15 is 0 Å². The van der Waals surface area contributed by atoms with Crippen molar-refractivity contribution in [3.8, 4) is 0 Å². The van der Waals surface area contributed by atoms with E-state index in [-0.39, 0.29) is 10.6 Å². The van der Waals surface area contributed by atoms with Crippen LogP contribution in [0, 0.1) is 0 Å². The van der Waals surface area contributed by atoms with Crippen molar-refractivity contribution in [1.29, 1.82) is 0 Å². The molecule has 0 saturated heterocycles. The maximum Gasteiger partial charge on any atom is 0.282 e. The molecule has 0 atom stereocenters. The summed E-state index contributed by atoms with van der Waals surface area (Å²) < 4.78 is 0. The average molecular weight is 159 g/mol. The quantitative estimate of drug-likeness (QED) is 0.663. The zero-order valence-electron chi connectivity index (χ0n) is 5.52. The van der Waals surface area contributed by atoms with E-state index < -0.39 is 0 Å². The van der Waals surface area contributed by atoms with Gasteiger partial charge in [0.25, 0.3) is 5.56 Å². The number of nitrogens with zero attached hydrogens (tertiary/aromatic N) is 1. The first-order valence-corrected chi connectivity index (χ1v) is 3.36. The van der Waals surface area contributed by atoms with Crippen molar-refractivity contribution in [2.24, 2.45) is 0 Å². The lowest BCUT2D eigenvalue weighted by atomic mass is 10.3. The van der Waals surface area contributed by atoms with Crippen molar-refractivity contribution in [1.82, 2.24) is 10.2 Å². The Morgan fingerprint density at radius 3 is 3.00 bits per heavy atom. The summed E-state index contributed by atoms with van der Waals surface area (Å²) in [5.41, 5.74) is 0.462. The zero-order valence-corrected chi connectivity index (χ0v) is 6.27. The molecule has 0 unspecified atom stereocenters. The van der Waals surface area contributed by atoms with Gasteiger partial charge in [-0.25, -0.2) is 5.10 Å². The number of hydrogen-bond donors (Lipinski definition) is 1. The highest BCUT2D eigenvalue weighted by Crippen LogP contribution is 2.00. The maximum atomic E-state index is 10.6. The lowest BCUT2D eigenvalue weighted by Crippen LogP contribution is -2.09. The summed E-state index contributed by atoms with van der Waals surface area (Å²) in [5.74, 6) is 0. The van der Waals surface area contributed by atoms with Gasteiger partial charge < -0.3 is 0 Å². The minimum atomic E-state index is -0.334. The second-order valence-corrected chi connectivity index (χ2v) is 2.30. The molecule has 1 rings (SSSR count). The van der Waals surface area contributed by atoms with E-state index in [0.717, 1.165) is 12.1 Å². The van der Waals surface area contributed by atoms with Gasteiger partial charge >= 0.3 is 0 Å². The topological polar surface area (TPSA) is 45.8 Å². The molecule has 0 spiro atoms. The zero-order chi connectivity index (χ0) is 7.56. The van der Waals surface area contributed by atoms with Crippen LogP contribution in [0.25, 0.3) is 0 Å². The van der Waals surface area contributed by atoms with Crippen LogP contribution >= 0.6 is 11.6 Å². The Hall–Kier alpha value is -0.830. The van der Waals surface area contributed by atoms with Crippen molar-refractivity contribution in [2.75, 3.05) is 0 Å². The SMILES string of the molecule is CCc1cc(Cl)c(=O)[nH]n1. The number of aryl methyl sites for hydroxylation is 1. The van der Waals surface area contributed by atoms with E-state index in [0.29, 0.717) is 0 Å². The fraction of sp³-hybridized carbons (Fsp3) is 0.333. The van der Waals surface area contributed by atoms with Gasteiger partial charge in [-0.15, -0.1) is 0 Å². The van der Waals surface area contributed by atoms with E-state index in [4.69, 9.17) is 11.6 Å². The van der Waals surface area contributed by atoms with Crippen LogP contribution in [0.3, 0.4) is 0 Å². The van der Waals surface area contributed by atoms with Gasteiger partial charge in [0.2, 0.25) is 0 Å². The molecule has 10 heavy (non-hydrogen) atoms. The molecule has 0 radical (unpaired) electrons. The van der Waals surface area contributed by atoms with Crippen molar-refractivity contribution < 1.29 is 0 Å². The number of aromatic amines is 1. The van der Waals surface area contributed by atoms with E-state index in [1.54, 1.807) is 6.07 Å². The fourth-order valence-electron chi connectivity index (χ4n) is 0.601. The first kappa shape index (κ1) is 7.28. The third-order valence-corrected chi connectivity index (χ3v) is 1.45. The molecule has 0 aliphatic carbocycles. The van der Waals surface area contributed by atoms with E-state index in [1.165, 1.54) is 0 Å². The second-order valence-electron chi connectivity index (χ2n) is 1.89. The van der Waals surface area contributed by atoms with Crippen LogP contribution in [0.1, 0.15) is 12.6 Å². The molecule has 1 N–H and O–H groups in total. The van der Waals surface area contributed by atoms with Gasteiger partial charge in [0, 0.05) is 0 Å². The number of H-pyrrole nitrogens is 1. The Morgan fingerprint density at radius 1 is 1.80 bits per heavy atom. The number of hydrogen-bond acceptors (Lipinski definition) is 2.